The highest BCUT2D eigenvalue weighted by Crippen LogP contribution is 2.54. The number of nitrogens with zero attached hydrogens (tertiary/aromatic N) is 1. The third-order valence-electron chi connectivity index (χ3n) is 12.1. The molecule has 8 aromatic rings. The molecule has 0 radical (unpaired) electrons. The molecule has 0 bridgehead atoms. The van der Waals surface area contributed by atoms with Crippen molar-refractivity contribution in [3.63, 3.8) is 0 Å². The van der Waals surface area contributed by atoms with Crippen LogP contribution in [-0.2, 0) is 10.8 Å². The van der Waals surface area contributed by atoms with E-state index in [9.17, 15) is 0 Å². The van der Waals surface area contributed by atoms with E-state index >= 15 is 0 Å². The van der Waals surface area contributed by atoms with Crippen molar-refractivity contribution in [2.45, 2.75) is 38.5 Å². The van der Waals surface area contributed by atoms with Crippen molar-refractivity contribution in [1.82, 2.24) is 0 Å². The molecule has 10 rings (SSSR count). The van der Waals surface area contributed by atoms with E-state index in [1.165, 1.54) is 83.2 Å². The van der Waals surface area contributed by atoms with E-state index in [4.69, 9.17) is 0 Å². The van der Waals surface area contributed by atoms with Gasteiger partial charge in [-0.1, -0.05) is 161 Å². The Bertz CT molecular complexity index is 2700. The lowest BCUT2D eigenvalue weighted by molar-refractivity contribution is 0.660. The molecule has 254 valence electrons. The summed E-state index contributed by atoms with van der Waals surface area (Å²) in [7, 11) is 0. The predicted molar refractivity (Wildman–Crippen MR) is 225 cm³/mol. The molecule has 0 spiro atoms. The maximum Gasteiger partial charge on any atom is 0.0540 e. The van der Waals surface area contributed by atoms with Crippen LogP contribution in [0.15, 0.2) is 176 Å². The molecule has 0 saturated heterocycles. The van der Waals surface area contributed by atoms with E-state index in [2.05, 4.69) is 209 Å². The Morgan fingerprint density at radius 3 is 1.47 bits per heavy atom. The van der Waals surface area contributed by atoms with E-state index in [0.29, 0.717) is 0 Å². The monoisotopic (exact) mass is 679 g/mol. The van der Waals surface area contributed by atoms with Crippen LogP contribution in [-0.4, -0.2) is 0 Å². The van der Waals surface area contributed by atoms with E-state index in [1.54, 1.807) is 0 Å². The second kappa shape index (κ2) is 11.7. The van der Waals surface area contributed by atoms with E-state index in [-0.39, 0.29) is 10.8 Å². The number of fused-ring (bicyclic) bond motifs is 7. The third kappa shape index (κ3) is 4.77. The van der Waals surface area contributed by atoms with Gasteiger partial charge in [-0.05, 0) is 115 Å². The third-order valence-corrected chi connectivity index (χ3v) is 12.1. The van der Waals surface area contributed by atoms with Gasteiger partial charge < -0.3 is 4.90 Å². The molecule has 0 N–H and O–H groups in total. The number of anilines is 3. The molecule has 2 aliphatic rings. The molecule has 1 heteroatoms. The van der Waals surface area contributed by atoms with Crippen LogP contribution in [0.3, 0.4) is 0 Å². The van der Waals surface area contributed by atoms with Gasteiger partial charge in [0.15, 0.2) is 0 Å². The average Bonchev–Trinajstić information content (AvgIpc) is 3.57. The van der Waals surface area contributed by atoms with Gasteiger partial charge >= 0.3 is 0 Å². The Morgan fingerprint density at radius 2 is 0.811 bits per heavy atom. The lowest BCUT2D eigenvalue weighted by atomic mass is 9.81. The summed E-state index contributed by atoms with van der Waals surface area (Å²) >= 11 is 0. The zero-order chi connectivity index (χ0) is 35.9. The fraction of sp³-hybridized carbons (Fsp3) is 0.115. The molecule has 8 aromatic carbocycles. The maximum atomic E-state index is 2.50. The van der Waals surface area contributed by atoms with Crippen molar-refractivity contribution in [3.05, 3.63) is 198 Å². The van der Waals surface area contributed by atoms with Crippen LogP contribution in [0.2, 0.25) is 0 Å². The van der Waals surface area contributed by atoms with Crippen LogP contribution >= 0.6 is 0 Å². The topological polar surface area (TPSA) is 3.24 Å². The van der Waals surface area contributed by atoms with Gasteiger partial charge in [0.2, 0.25) is 0 Å². The van der Waals surface area contributed by atoms with Gasteiger partial charge in [0.25, 0.3) is 0 Å². The van der Waals surface area contributed by atoms with Crippen LogP contribution in [0, 0.1) is 0 Å². The summed E-state index contributed by atoms with van der Waals surface area (Å²) in [6.45, 7) is 9.50. The first kappa shape index (κ1) is 31.5. The number of hydrogen-bond donors (Lipinski definition) is 0. The minimum absolute atomic E-state index is 0.110. The van der Waals surface area contributed by atoms with Crippen LogP contribution in [0.4, 0.5) is 17.1 Å². The Morgan fingerprint density at radius 1 is 0.321 bits per heavy atom. The first-order valence-electron chi connectivity index (χ1n) is 18.8. The molecule has 0 unspecified atom stereocenters. The molecule has 2 aliphatic carbocycles. The zero-order valence-corrected chi connectivity index (χ0v) is 30.7. The highest BCUT2D eigenvalue weighted by molar-refractivity contribution is 6.09. The van der Waals surface area contributed by atoms with Gasteiger partial charge in [0.1, 0.15) is 0 Å². The molecule has 0 atom stereocenters. The molecule has 0 amide bonds. The van der Waals surface area contributed by atoms with Gasteiger partial charge in [-0.3, -0.25) is 0 Å². The number of rotatable bonds is 5. The SMILES string of the molecule is CC1(C)c2ccccc2-c2ccc(N(c3ccc(-c4ccccc4)cc3)c3ccc(-c4ccccc4)c4cc5c(cc34)C(C)(C)c3ccccc3-5)cc21. The summed E-state index contributed by atoms with van der Waals surface area (Å²) in [5.74, 6) is 0. The molecular formula is C52H41N. The van der Waals surface area contributed by atoms with Crippen molar-refractivity contribution >= 4 is 27.8 Å². The smallest absolute Gasteiger partial charge is 0.0540 e. The molecular weight excluding hydrogens is 639 g/mol. The van der Waals surface area contributed by atoms with Crippen molar-refractivity contribution in [3.8, 4) is 44.5 Å². The first-order valence-corrected chi connectivity index (χ1v) is 18.8. The summed E-state index contributed by atoms with van der Waals surface area (Å²) < 4.78 is 0. The van der Waals surface area contributed by atoms with Crippen LogP contribution in [0.25, 0.3) is 55.3 Å². The summed E-state index contributed by atoms with van der Waals surface area (Å²) in [4.78, 5) is 2.49. The van der Waals surface area contributed by atoms with Crippen molar-refractivity contribution in [1.29, 1.82) is 0 Å². The van der Waals surface area contributed by atoms with E-state index in [0.717, 1.165) is 11.4 Å². The maximum absolute atomic E-state index is 2.50. The second-order valence-corrected chi connectivity index (χ2v) is 15.8. The Kier molecular flexibility index (Phi) is 6.94. The number of benzene rings is 8. The molecule has 0 fully saturated rings. The lowest BCUT2D eigenvalue weighted by Gasteiger charge is -2.30. The first-order chi connectivity index (χ1) is 25.8. The summed E-state index contributed by atoms with van der Waals surface area (Å²) in [5.41, 5.74) is 19.0. The largest absolute Gasteiger partial charge is 0.310 e. The zero-order valence-electron chi connectivity index (χ0n) is 30.7. The Balaban J connectivity index is 1.24. The van der Waals surface area contributed by atoms with Crippen LogP contribution in [0.1, 0.15) is 49.9 Å². The van der Waals surface area contributed by atoms with Gasteiger partial charge in [0.05, 0.1) is 5.69 Å². The van der Waals surface area contributed by atoms with E-state index < -0.39 is 0 Å². The van der Waals surface area contributed by atoms with Crippen LogP contribution < -0.4 is 4.90 Å². The fourth-order valence-electron chi connectivity index (χ4n) is 9.28. The fourth-order valence-corrected chi connectivity index (χ4v) is 9.28. The standard InChI is InChI=1S/C52H41N/c1-51(2)46-21-13-11-19-40(46)42-28-27-38(31-48(42)51)53(37-25-23-35(24-26-37)34-15-7-5-8-16-34)50-30-29-39(36-17-9-6-10-18-36)43-32-44-41-20-12-14-22-47(41)52(3,4)49(44)33-45(43)50/h5-33H,1-4H3. The highest BCUT2D eigenvalue weighted by atomic mass is 15.1. The van der Waals surface area contributed by atoms with E-state index in [1.807, 2.05) is 0 Å². The summed E-state index contributed by atoms with van der Waals surface area (Å²) in [6.07, 6.45) is 0. The lowest BCUT2D eigenvalue weighted by Crippen LogP contribution is -2.17. The average molecular weight is 680 g/mol. The van der Waals surface area contributed by atoms with Crippen molar-refractivity contribution in [2.24, 2.45) is 0 Å². The minimum atomic E-state index is -0.119. The van der Waals surface area contributed by atoms with Gasteiger partial charge in [-0.25, -0.2) is 0 Å². The molecule has 0 heterocycles. The molecule has 0 aliphatic heterocycles. The predicted octanol–water partition coefficient (Wildman–Crippen LogP) is 14.3. The summed E-state index contributed by atoms with van der Waals surface area (Å²) in [6, 6.07) is 65.3. The number of hydrogen-bond acceptors (Lipinski definition) is 1. The molecule has 0 aromatic heterocycles. The van der Waals surface area contributed by atoms with Crippen molar-refractivity contribution < 1.29 is 0 Å². The normalized spacial score (nSPS) is 14.3. The quantitative estimate of drug-likeness (QED) is 0.175. The van der Waals surface area contributed by atoms with Gasteiger partial charge in [-0.15, -0.1) is 0 Å². The molecule has 1 nitrogen and oxygen atoms in total. The minimum Gasteiger partial charge on any atom is -0.310 e. The molecule has 0 saturated carbocycles. The Labute approximate surface area is 312 Å². The van der Waals surface area contributed by atoms with Gasteiger partial charge in [0, 0.05) is 27.6 Å². The highest BCUT2D eigenvalue weighted by Gasteiger charge is 2.37. The molecule has 53 heavy (non-hydrogen) atoms. The Hall–Kier alpha value is -6.18. The van der Waals surface area contributed by atoms with Gasteiger partial charge in [-0.2, -0.15) is 0 Å². The van der Waals surface area contributed by atoms with Crippen molar-refractivity contribution in [2.75, 3.05) is 4.90 Å². The van der Waals surface area contributed by atoms with Crippen LogP contribution in [0.5, 0.6) is 0 Å². The second-order valence-electron chi connectivity index (χ2n) is 15.8. The summed E-state index contributed by atoms with van der Waals surface area (Å²) in [5, 5.41) is 2.51.